The fourth-order valence-corrected chi connectivity index (χ4v) is 1.90. The number of hydrogen-bond acceptors (Lipinski definition) is 2. The average Bonchev–Trinajstić information content (AvgIpc) is 2.53. The van der Waals surface area contributed by atoms with E-state index in [2.05, 4.69) is 23.0 Å². The molecule has 0 aromatic carbocycles. The van der Waals surface area contributed by atoms with Crippen LogP contribution in [0.25, 0.3) is 0 Å². The molecule has 1 saturated heterocycles. The smallest absolute Gasteiger partial charge is 0.0360 e. The van der Waals surface area contributed by atoms with Crippen LogP contribution < -0.4 is 0 Å². The molecular weight excluding hydrogens is 147 g/mol. The summed E-state index contributed by atoms with van der Waals surface area (Å²) in [6.45, 7) is 1.22. The van der Waals surface area contributed by atoms with Crippen LogP contribution in [-0.4, -0.2) is 23.5 Å². The first-order valence-corrected chi connectivity index (χ1v) is 4.48. The molecule has 1 aliphatic heterocycles. The lowest BCUT2D eigenvalue weighted by Crippen LogP contribution is -2.17. The van der Waals surface area contributed by atoms with Gasteiger partial charge in [-0.05, 0) is 38.1 Å². The molecule has 0 unspecified atom stereocenters. The zero-order chi connectivity index (χ0) is 8.39. The molecule has 1 aliphatic rings. The second kappa shape index (κ2) is 3.23. The van der Waals surface area contributed by atoms with Gasteiger partial charge in [0.15, 0.2) is 0 Å². The molecule has 2 rings (SSSR count). The Morgan fingerprint density at radius 1 is 1.58 bits per heavy atom. The summed E-state index contributed by atoms with van der Waals surface area (Å²) in [6, 6.07) is 4.79. The number of hydrogen-bond donors (Lipinski definition) is 0. The van der Waals surface area contributed by atoms with Gasteiger partial charge in [0.05, 0.1) is 0 Å². The highest BCUT2D eigenvalue weighted by atomic mass is 15.1. The van der Waals surface area contributed by atoms with Gasteiger partial charge in [-0.25, -0.2) is 0 Å². The van der Waals surface area contributed by atoms with E-state index in [1.807, 2.05) is 18.5 Å². The molecule has 0 radical (unpaired) electrons. The highest BCUT2D eigenvalue weighted by molar-refractivity contribution is 5.14. The van der Waals surface area contributed by atoms with Crippen molar-refractivity contribution in [2.75, 3.05) is 13.6 Å². The summed E-state index contributed by atoms with van der Waals surface area (Å²) in [5.74, 6) is 0. The summed E-state index contributed by atoms with van der Waals surface area (Å²) in [6.07, 6.45) is 6.41. The molecule has 0 aliphatic carbocycles. The molecule has 0 bridgehead atoms. The van der Waals surface area contributed by atoms with E-state index in [1.54, 1.807) is 0 Å². The summed E-state index contributed by atoms with van der Waals surface area (Å²) in [4.78, 5) is 6.54. The van der Waals surface area contributed by atoms with Crippen molar-refractivity contribution in [1.29, 1.82) is 0 Å². The third-order valence-corrected chi connectivity index (χ3v) is 2.59. The topological polar surface area (TPSA) is 16.1 Å². The van der Waals surface area contributed by atoms with E-state index in [9.17, 15) is 0 Å². The largest absolute Gasteiger partial charge is 0.299 e. The number of likely N-dealkylation sites (tertiary alicyclic amines) is 1. The van der Waals surface area contributed by atoms with Gasteiger partial charge in [-0.2, -0.15) is 0 Å². The van der Waals surface area contributed by atoms with Gasteiger partial charge in [-0.15, -0.1) is 0 Å². The Morgan fingerprint density at radius 3 is 3.08 bits per heavy atom. The van der Waals surface area contributed by atoms with Crippen molar-refractivity contribution in [3.8, 4) is 0 Å². The van der Waals surface area contributed by atoms with Gasteiger partial charge in [-0.1, -0.05) is 6.07 Å². The summed E-state index contributed by atoms with van der Waals surface area (Å²) in [5.41, 5.74) is 1.36. The first-order valence-electron chi connectivity index (χ1n) is 4.48. The van der Waals surface area contributed by atoms with Crippen LogP contribution in [0, 0.1) is 0 Å². The van der Waals surface area contributed by atoms with E-state index in [0.717, 1.165) is 0 Å². The lowest BCUT2D eigenvalue weighted by molar-refractivity contribution is 0.317. The quantitative estimate of drug-likeness (QED) is 0.625. The molecule has 2 heterocycles. The lowest BCUT2D eigenvalue weighted by atomic mass is 10.1. The number of pyridine rings is 1. The number of aromatic nitrogens is 1. The first kappa shape index (κ1) is 7.74. The van der Waals surface area contributed by atoms with Gasteiger partial charge in [0.25, 0.3) is 0 Å². The third-order valence-electron chi connectivity index (χ3n) is 2.59. The number of rotatable bonds is 1. The molecule has 0 amide bonds. The molecule has 64 valence electrons. The van der Waals surface area contributed by atoms with E-state index >= 15 is 0 Å². The summed E-state index contributed by atoms with van der Waals surface area (Å²) >= 11 is 0. The van der Waals surface area contributed by atoms with Crippen molar-refractivity contribution in [1.82, 2.24) is 9.88 Å². The van der Waals surface area contributed by atoms with Crippen LogP contribution in [0.1, 0.15) is 24.4 Å². The SMILES string of the molecule is [11CH3]N1CCC[C@H]1c1cccnc1. The van der Waals surface area contributed by atoms with E-state index in [4.69, 9.17) is 0 Å². The van der Waals surface area contributed by atoms with Gasteiger partial charge in [0.2, 0.25) is 0 Å². The molecule has 2 nitrogen and oxygen atoms in total. The molecule has 2 heteroatoms. The van der Waals surface area contributed by atoms with Gasteiger partial charge in [-0.3, -0.25) is 9.88 Å². The Labute approximate surface area is 73.2 Å². The molecule has 12 heavy (non-hydrogen) atoms. The molecule has 1 fully saturated rings. The van der Waals surface area contributed by atoms with Crippen LogP contribution in [0.15, 0.2) is 24.5 Å². The molecule has 1 aromatic rings. The van der Waals surface area contributed by atoms with Gasteiger partial charge in [0, 0.05) is 18.4 Å². The first-order chi connectivity index (χ1) is 5.88. The minimum Gasteiger partial charge on any atom is -0.299 e. The van der Waals surface area contributed by atoms with Gasteiger partial charge in [0.1, 0.15) is 0 Å². The third kappa shape index (κ3) is 1.34. The Hall–Kier alpha value is -0.890. The molecule has 1 atom stereocenters. The predicted molar refractivity (Wildman–Crippen MR) is 48.8 cm³/mol. The zero-order valence-corrected chi connectivity index (χ0v) is 7.40. The minimum absolute atomic E-state index is 0.610. The molecular formula is C10H14N2. The normalized spacial score (nSPS) is 24.6. The summed E-state index contributed by atoms with van der Waals surface area (Å²) in [5, 5.41) is 0. The van der Waals surface area contributed by atoms with E-state index < -0.39 is 0 Å². The minimum atomic E-state index is 0.610. The number of nitrogens with zero attached hydrogens (tertiary/aromatic N) is 2. The molecule has 0 N–H and O–H groups in total. The van der Waals surface area contributed by atoms with E-state index in [0.29, 0.717) is 6.04 Å². The maximum atomic E-state index is 4.14. The van der Waals surface area contributed by atoms with Crippen molar-refractivity contribution in [2.45, 2.75) is 18.9 Å². The zero-order valence-electron chi connectivity index (χ0n) is 7.40. The lowest BCUT2D eigenvalue weighted by Gasteiger charge is -2.18. The fourth-order valence-electron chi connectivity index (χ4n) is 1.90. The second-order valence-corrected chi connectivity index (χ2v) is 3.42. The van der Waals surface area contributed by atoms with Crippen LogP contribution in [0.3, 0.4) is 0 Å². The fraction of sp³-hybridized carbons (Fsp3) is 0.500. The van der Waals surface area contributed by atoms with Crippen LogP contribution >= 0.6 is 0 Å². The van der Waals surface area contributed by atoms with Crippen molar-refractivity contribution >= 4 is 0 Å². The summed E-state index contributed by atoms with van der Waals surface area (Å²) < 4.78 is 0. The van der Waals surface area contributed by atoms with E-state index in [1.165, 1.54) is 24.9 Å². The monoisotopic (exact) mass is 161 g/mol. The Bertz CT molecular complexity index is 245. The van der Waals surface area contributed by atoms with Gasteiger partial charge >= 0.3 is 0 Å². The van der Waals surface area contributed by atoms with E-state index in [-0.39, 0.29) is 0 Å². The average molecular weight is 161 g/mol. The Morgan fingerprint density at radius 2 is 2.50 bits per heavy atom. The molecule has 0 saturated carbocycles. The Kier molecular flexibility index (Phi) is 2.09. The molecule has 1 aromatic heterocycles. The van der Waals surface area contributed by atoms with Crippen LogP contribution in [-0.2, 0) is 0 Å². The summed E-state index contributed by atoms with van der Waals surface area (Å²) in [7, 11) is 2.19. The van der Waals surface area contributed by atoms with Crippen LogP contribution in [0.5, 0.6) is 0 Å². The Balaban J connectivity index is 2.19. The van der Waals surface area contributed by atoms with Crippen LogP contribution in [0.4, 0.5) is 0 Å². The standard InChI is InChI=1S/C10H14N2/c1-12-7-3-5-10(12)9-4-2-6-11-8-9/h2,4,6,8,10H,3,5,7H2,1H3/t10-/m0/s1/i1-1. The van der Waals surface area contributed by atoms with Crippen molar-refractivity contribution < 1.29 is 0 Å². The van der Waals surface area contributed by atoms with Crippen LogP contribution in [0.2, 0.25) is 0 Å². The maximum Gasteiger partial charge on any atom is 0.0360 e. The highest BCUT2D eigenvalue weighted by Gasteiger charge is 2.21. The molecule has 0 spiro atoms. The predicted octanol–water partition coefficient (Wildman–Crippen LogP) is 1.85. The van der Waals surface area contributed by atoms with Crippen molar-refractivity contribution in [2.24, 2.45) is 0 Å². The van der Waals surface area contributed by atoms with Crippen molar-refractivity contribution in [3.63, 3.8) is 0 Å². The maximum absolute atomic E-state index is 4.14. The van der Waals surface area contributed by atoms with Crippen molar-refractivity contribution in [3.05, 3.63) is 30.1 Å². The highest BCUT2D eigenvalue weighted by Crippen LogP contribution is 2.29. The van der Waals surface area contributed by atoms with Gasteiger partial charge < -0.3 is 0 Å². The second-order valence-electron chi connectivity index (χ2n) is 3.42.